The Morgan fingerprint density at radius 3 is 2.84 bits per heavy atom. The minimum atomic E-state index is -1.14. The number of aliphatic hydroxyl groups is 3. The quantitative estimate of drug-likeness (QED) is 0.366. The second-order valence-corrected chi connectivity index (χ2v) is 6.35. The van der Waals surface area contributed by atoms with Crippen LogP contribution in [0, 0.1) is 0 Å². The van der Waals surface area contributed by atoms with Gasteiger partial charge in [-0.3, -0.25) is 3.11 Å². The van der Waals surface area contributed by atoms with Gasteiger partial charge in [0.2, 0.25) is 0 Å². The third kappa shape index (κ3) is 2.14. The molecule has 10 heteroatoms. The molecule has 0 spiro atoms. The standard InChI is InChI=1S/C9H10ClIN4O4/c10-7-4-8(13-2-12-7)15(11-14-4)9-6(18)5(17)3(1-16)19-9/h2-3,5-6,9,16-18H,1H2/t3-,5?,6?,9-/m1/s1. The Bertz CT molecular complexity index is 533. The Morgan fingerprint density at radius 2 is 2.16 bits per heavy atom. The summed E-state index contributed by atoms with van der Waals surface area (Å²) in [7, 11) is 0. The lowest BCUT2D eigenvalue weighted by Crippen LogP contribution is -2.39. The number of aromatic nitrogens is 2. The van der Waals surface area contributed by atoms with Crippen molar-refractivity contribution in [2.75, 3.05) is 9.72 Å². The van der Waals surface area contributed by atoms with E-state index in [0.717, 1.165) is 0 Å². The van der Waals surface area contributed by atoms with E-state index >= 15 is 0 Å². The summed E-state index contributed by atoms with van der Waals surface area (Å²) >= 11 is 5.06. The Kier molecular flexibility index (Phi) is 3.66. The van der Waals surface area contributed by atoms with Gasteiger partial charge in [0.15, 0.2) is 22.9 Å². The third-order valence-corrected chi connectivity index (χ3v) is 5.35. The summed E-state index contributed by atoms with van der Waals surface area (Å²) in [6.45, 7) is -0.366. The molecule has 0 saturated carbocycles. The molecular weight excluding hydrogens is 390 g/mol. The van der Waals surface area contributed by atoms with Crippen LogP contribution in [-0.4, -0.2) is 56.4 Å². The second-order valence-electron chi connectivity index (χ2n) is 4.04. The van der Waals surface area contributed by atoms with Crippen molar-refractivity contribution in [3.8, 4) is 0 Å². The molecule has 3 N–H and O–H groups in total. The van der Waals surface area contributed by atoms with Gasteiger partial charge in [-0.25, -0.2) is 9.97 Å². The van der Waals surface area contributed by atoms with Gasteiger partial charge in [0, 0.05) is 0 Å². The van der Waals surface area contributed by atoms with E-state index in [1.54, 1.807) is 3.11 Å². The van der Waals surface area contributed by atoms with E-state index in [-0.39, 0.29) is 11.8 Å². The highest BCUT2D eigenvalue weighted by molar-refractivity contribution is 14.2. The van der Waals surface area contributed by atoms with Crippen LogP contribution in [0.2, 0.25) is 5.15 Å². The topological polar surface area (TPSA) is 111 Å². The first-order chi connectivity index (χ1) is 9.13. The first-order valence-corrected chi connectivity index (χ1v) is 7.72. The molecule has 1 fully saturated rings. The number of fused-ring (bicyclic) bond motifs is 1. The molecule has 2 unspecified atom stereocenters. The van der Waals surface area contributed by atoms with Crippen molar-refractivity contribution in [1.82, 2.24) is 9.97 Å². The Morgan fingerprint density at radius 1 is 1.37 bits per heavy atom. The van der Waals surface area contributed by atoms with E-state index in [4.69, 9.17) is 21.4 Å². The fraction of sp³-hybridized carbons (Fsp3) is 0.556. The number of hydrogen-bond acceptors (Lipinski definition) is 8. The predicted molar refractivity (Wildman–Crippen MR) is 73.4 cm³/mol. The molecule has 0 amide bonds. The molecule has 8 nitrogen and oxygen atoms in total. The number of nitrogens with zero attached hydrogens (tertiary/aromatic N) is 4. The maximum Gasteiger partial charge on any atom is 0.171 e. The number of anilines is 1. The van der Waals surface area contributed by atoms with Crippen molar-refractivity contribution in [1.29, 1.82) is 0 Å². The lowest BCUT2D eigenvalue weighted by atomic mass is 10.1. The Balaban J connectivity index is 1.91. The van der Waals surface area contributed by atoms with E-state index in [1.165, 1.54) is 6.33 Å². The van der Waals surface area contributed by atoms with Gasteiger partial charge < -0.3 is 20.1 Å². The number of aliphatic hydroxyl groups excluding tert-OH is 3. The summed E-state index contributed by atoms with van der Waals surface area (Å²) in [5.41, 5.74) is 0.481. The lowest BCUT2D eigenvalue weighted by Gasteiger charge is -2.23. The number of ether oxygens (including phenoxy) is 1. The molecule has 3 rings (SSSR count). The minimum absolute atomic E-state index is 0.249. The highest BCUT2D eigenvalue weighted by Gasteiger charge is 2.47. The molecular formula is C9H10ClIN4O4. The maximum absolute atomic E-state index is 9.99. The van der Waals surface area contributed by atoms with Crippen LogP contribution in [0.15, 0.2) is 9.47 Å². The lowest BCUT2D eigenvalue weighted by molar-refractivity contribution is -0.0175. The van der Waals surface area contributed by atoms with Crippen LogP contribution in [0.3, 0.4) is 0 Å². The Hall–Kier alpha value is -0.460. The molecule has 1 aromatic heterocycles. The summed E-state index contributed by atoms with van der Waals surface area (Å²) in [5.74, 6) is 0.489. The van der Waals surface area contributed by atoms with Crippen molar-refractivity contribution < 1.29 is 20.1 Å². The molecule has 0 radical (unpaired) electrons. The van der Waals surface area contributed by atoms with Gasteiger partial charge in [-0.05, 0) is 0 Å². The molecule has 19 heavy (non-hydrogen) atoms. The van der Waals surface area contributed by atoms with Crippen molar-refractivity contribution in [3.05, 3.63) is 11.5 Å². The maximum atomic E-state index is 9.99. The van der Waals surface area contributed by atoms with E-state index in [2.05, 4.69) is 13.1 Å². The van der Waals surface area contributed by atoms with Gasteiger partial charge in [0.1, 0.15) is 45.9 Å². The summed E-state index contributed by atoms with van der Waals surface area (Å²) < 4.78 is 11.4. The fourth-order valence-electron chi connectivity index (χ4n) is 1.92. The van der Waals surface area contributed by atoms with Crippen LogP contribution < -0.4 is 3.11 Å². The van der Waals surface area contributed by atoms with Crippen molar-refractivity contribution >= 4 is 44.4 Å². The zero-order chi connectivity index (χ0) is 13.6. The molecule has 0 aromatic carbocycles. The monoisotopic (exact) mass is 400 g/mol. The van der Waals surface area contributed by atoms with Gasteiger partial charge in [-0.1, -0.05) is 11.6 Å². The van der Waals surface area contributed by atoms with Gasteiger partial charge in [-0.2, -0.15) is 3.15 Å². The Labute approximate surface area is 123 Å². The predicted octanol–water partition coefficient (Wildman–Crippen LogP) is 0.0898. The van der Waals surface area contributed by atoms with Crippen LogP contribution in [0.25, 0.3) is 0 Å². The number of hydrogen-bond donors (Lipinski definition) is 3. The van der Waals surface area contributed by atoms with Crippen LogP contribution in [-0.2, 0) is 4.74 Å². The molecule has 1 aromatic rings. The number of halogens is 2. The zero-order valence-corrected chi connectivity index (χ0v) is 12.3. The van der Waals surface area contributed by atoms with Gasteiger partial charge in [0.05, 0.1) is 6.61 Å². The molecule has 4 atom stereocenters. The second kappa shape index (κ2) is 5.14. The number of rotatable bonds is 2. The normalized spacial score (nSPS) is 33.4. The van der Waals surface area contributed by atoms with Gasteiger partial charge >= 0.3 is 0 Å². The third-order valence-electron chi connectivity index (χ3n) is 2.90. The van der Waals surface area contributed by atoms with E-state index in [0.29, 0.717) is 11.5 Å². The first-order valence-electron chi connectivity index (χ1n) is 5.41. The van der Waals surface area contributed by atoms with Gasteiger partial charge in [-0.15, -0.1) is 0 Å². The van der Waals surface area contributed by atoms with E-state index < -0.39 is 45.8 Å². The van der Waals surface area contributed by atoms with Crippen LogP contribution in [0.5, 0.6) is 0 Å². The first kappa shape index (κ1) is 13.5. The van der Waals surface area contributed by atoms with Crippen molar-refractivity contribution in [3.63, 3.8) is 0 Å². The molecule has 2 aliphatic rings. The molecule has 0 bridgehead atoms. The smallest absolute Gasteiger partial charge is 0.171 e. The summed E-state index contributed by atoms with van der Waals surface area (Å²) in [4.78, 5) is 7.92. The largest absolute Gasteiger partial charge is 0.394 e. The molecule has 2 aliphatic heterocycles. The average Bonchev–Trinajstić information content (AvgIpc) is 2.94. The molecule has 0 aliphatic carbocycles. The van der Waals surface area contributed by atoms with Crippen LogP contribution in [0.1, 0.15) is 0 Å². The fourth-order valence-corrected chi connectivity index (χ4v) is 4.39. The van der Waals surface area contributed by atoms with Crippen molar-refractivity contribution in [2.24, 2.45) is 3.15 Å². The summed E-state index contributed by atoms with van der Waals surface area (Å²) in [5, 5.41) is 29.1. The molecule has 1 saturated heterocycles. The molecule has 104 valence electrons. The van der Waals surface area contributed by atoms with Crippen LogP contribution >= 0.6 is 32.9 Å². The van der Waals surface area contributed by atoms with E-state index in [1.807, 2.05) is 0 Å². The molecule has 3 heterocycles. The average molecular weight is 401 g/mol. The van der Waals surface area contributed by atoms with Crippen LogP contribution in [0.4, 0.5) is 11.5 Å². The van der Waals surface area contributed by atoms with E-state index in [9.17, 15) is 10.2 Å². The highest BCUT2D eigenvalue weighted by atomic mass is 127. The summed E-state index contributed by atoms with van der Waals surface area (Å²) in [6, 6.07) is 0. The summed E-state index contributed by atoms with van der Waals surface area (Å²) in [6.07, 6.45) is -2.56. The zero-order valence-electron chi connectivity index (χ0n) is 9.39. The van der Waals surface area contributed by atoms with Crippen molar-refractivity contribution in [2.45, 2.75) is 24.5 Å². The van der Waals surface area contributed by atoms with Gasteiger partial charge in [0.25, 0.3) is 0 Å². The minimum Gasteiger partial charge on any atom is -0.394 e. The highest BCUT2D eigenvalue weighted by Crippen LogP contribution is 2.46. The SMILES string of the molecule is OC[C@H]1O[C@@H](N2I=Nc3c(Cl)ncnc32)C(O)C1O.